The average Bonchev–Trinajstić information content (AvgIpc) is 3.22. The molecule has 2 unspecified atom stereocenters. The van der Waals surface area contributed by atoms with Crippen LogP contribution in [0.25, 0.3) is 0 Å². The van der Waals surface area contributed by atoms with Crippen LogP contribution in [0.15, 0.2) is 45.3 Å². The van der Waals surface area contributed by atoms with Crippen molar-refractivity contribution in [3.63, 3.8) is 0 Å². The SMILES string of the molecule is CCNC(=NCC(C)c1cccs1)NCC(O)c1ccco1.I. The van der Waals surface area contributed by atoms with E-state index in [9.17, 15) is 5.11 Å². The van der Waals surface area contributed by atoms with Crippen molar-refractivity contribution in [2.75, 3.05) is 19.6 Å². The molecule has 0 aromatic carbocycles. The summed E-state index contributed by atoms with van der Waals surface area (Å²) >= 11 is 1.75. The summed E-state index contributed by atoms with van der Waals surface area (Å²) in [5, 5.41) is 18.4. The Hall–Kier alpha value is -1.06. The van der Waals surface area contributed by atoms with Crippen LogP contribution in [0.2, 0.25) is 0 Å². The van der Waals surface area contributed by atoms with Gasteiger partial charge in [-0.2, -0.15) is 0 Å². The summed E-state index contributed by atoms with van der Waals surface area (Å²) in [6.07, 6.45) is 0.870. The van der Waals surface area contributed by atoms with Crippen molar-refractivity contribution in [2.24, 2.45) is 4.99 Å². The maximum atomic E-state index is 10.0. The predicted molar refractivity (Wildman–Crippen MR) is 106 cm³/mol. The number of thiophene rings is 1. The number of rotatable bonds is 7. The van der Waals surface area contributed by atoms with E-state index in [0.29, 0.717) is 30.7 Å². The Morgan fingerprint density at radius 3 is 2.78 bits per heavy atom. The Morgan fingerprint density at radius 2 is 2.17 bits per heavy atom. The van der Waals surface area contributed by atoms with Crippen LogP contribution in [0.3, 0.4) is 0 Å². The molecule has 2 rings (SSSR count). The second-order valence-corrected chi connectivity index (χ2v) is 6.03. The third-order valence-corrected chi connectivity index (χ3v) is 4.33. The maximum Gasteiger partial charge on any atom is 0.191 e. The van der Waals surface area contributed by atoms with E-state index in [1.165, 1.54) is 4.88 Å². The number of furan rings is 1. The molecule has 2 aromatic rings. The van der Waals surface area contributed by atoms with Gasteiger partial charge in [0, 0.05) is 17.3 Å². The molecule has 0 aliphatic rings. The Labute approximate surface area is 158 Å². The fourth-order valence-corrected chi connectivity index (χ4v) is 2.78. The van der Waals surface area contributed by atoms with E-state index in [1.807, 2.05) is 6.92 Å². The molecule has 0 fully saturated rings. The lowest BCUT2D eigenvalue weighted by molar-refractivity contribution is 0.153. The minimum Gasteiger partial charge on any atom is -0.467 e. The fraction of sp³-hybridized carbons (Fsp3) is 0.438. The maximum absolute atomic E-state index is 10.0. The smallest absolute Gasteiger partial charge is 0.191 e. The van der Waals surface area contributed by atoms with E-state index >= 15 is 0 Å². The molecule has 0 aliphatic carbocycles. The lowest BCUT2D eigenvalue weighted by atomic mass is 10.1. The summed E-state index contributed by atoms with van der Waals surface area (Å²) in [6, 6.07) is 7.71. The highest BCUT2D eigenvalue weighted by Crippen LogP contribution is 2.20. The van der Waals surface area contributed by atoms with Gasteiger partial charge >= 0.3 is 0 Å². The number of nitrogens with zero attached hydrogens (tertiary/aromatic N) is 1. The molecule has 7 heteroatoms. The van der Waals surface area contributed by atoms with Gasteiger partial charge in [-0.05, 0) is 30.5 Å². The highest BCUT2D eigenvalue weighted by atomic mass is 127. The second kappa shape index (κ2) is 10.7. The zero-order chi connectivity index (χ0) is 15.8. The molecule has 3 N–H and O–H groups in total. The first kappa shape index (κ1) is 20.0. The number of aliphatic hydroxyl groups is 1. The highest BCUT2D eigenvalue weighted by molar-refractivity contribution is 14.0. The highest BCUT2D eigenvalue weighted by Gasteiger charge is 2.11. The average molecular weight is 449 g/mol. The lowest BCUT2D eigenvalue weighted by Crippen LogP contribution is -2.39. The van der Waals surface area contributed by atoms with Crippen molar-refractivity contribution in [2.45, 2.75) is 25.9 Å². The quantitative estimate of drug-likeness (QED) is 0.345. The molecule has 2 heterocycles. The number of hydrogen-bond donors (Lipinski definition) is 3. The molecule has 5 nitrogen and oxygen atoms in total. The van der Waals surface area contributed by atoms with E-state index in [4.69, 9.17) is 4.42 Å². The number of nitrogens with one attached hydrogen (secondary N) is 2. The number of hydrogen-bond acceptors (Lipinski definition) is 4. The summed E-state index contributed by atoms with van der Waals surface area (Å²) < 4.78 is 5.19. The van der Waals surface area contributed by atoms with Gasteiger partial charge in [0.15, 0.2) is 5.96 Å². The first-order chi connectivity index (χ1) is 10.7. The third-order valence-electron chi connectivity index (χ3n) is 3.23. The van der Waals surface area contributed by atoms with Crippen LogP contribution < -0.4 is 10.6 Å². The van der Waals surface area contributed by atoms with E-state index in [2.05, 4.69) is 40.1 Å². The predicted octanol–water partition coefficient (Wildman–Crippen LogP) is 3.35. The Morgan fingerprint density at radius 1 is 1.35 bits per heavy atom. The van der Waals surface area contributed by atoms with Gasteiger partial charge in [-0.25, -0.2) is 0 Å². The van der Waals surface area contributed by atoms with Crippen LogP contribution in [0.1, 0.15) is 36.5 Å². The van der Waals surface area contributed by atoms with Crippen LogP contribution in [0.5, 0.6) is 0 Å². The van der Waals surface area contributed by atoms with Crippen LogP contribution in [-0.2, 0) is 0 Å². The van der Waals surface area contributed by atoms with E-state index in [1.54, 1.807) is 29.7 Å². The van der Waals surface area contributed by atoms with Gasteiger partial charge in [-0.1, -0.05) is 13.0 Å². The normalized spacial score (nSPS) is 14.0. The Kier molecular flexibility index (Phi) is 9.27. The van der Waals surface area contributed by atoms with Crippen LogP contribution >= 0.6 is 35.3 Å². The molecule has 128 valence electrons. The fourth-order valence-electron chi connectivity index (χ4n) is 2.01. The topological polar surface area (TPSA) is 69.8 Å². The summed E-state index contributed by atoms with van der Waals surface area (Å²) in [5.41, 5.74) is 0. The zero-order valence-electron chi connectivity index (χ0n) is 13.4. The van der Waals surface area contributed by atoms with Gasteiger partial charge in [-0.3, -0.25) is 4.99 Å². The summed E-state index contributed by atoms with van der Waals surface area (Å²) in [5.74, 6) is 1.64. The zero-order valence-corrected chi connectivity index (χ0v) is 16.5. The van der Waals surface area contributed by atoms with Crippen LogP contribution in [0.4, 0.5) is 0 Å². The van der Waals surface area contributed by atoms with E-state index < -0.39 is 6.10 Å². The van der Waals surface area contributed by atoms with Crippen molar-refractivity contribution in [1.82, 2.24) is 10.6 Å². The van der Waals surface area contributed by atoms with Gasteiger partial charge in [-0.15, -0.1) is 35.3 Å². The molecular weight excluding hydrogens is 425 g/mol. The van der Waals surface area contributed by atoms with Gasteiger partial charge in [0.25, 0.3) is 0 Å². The molecule has 0 radical (unpaired) electrons. The van der Waals surface area contributed by atoms with Gasteiger partial charge in [0.1, 0.15) is 11.9 Å². The number of aliphatic hydroxyl groups excluding tert-OH is 1. The van der Waals surface area contributed by atoms with Crippen molar-refractivity contribution < 1.29 is 9.52 Å². The molecule has 0 saturated carbocycles. The standard InChI is InChI=1S/C16H23N3O2S.HI/c1-3-17-16(18-10-12(2)15-7-5-9-22-15)19-11-13(20)14-6-4-8-21-14;/h4-9,12-13,20H,3,10-11H2,1-2H3,(H2,17,18,19);1H. The van der Waals surface area contributed by atoms with Crippen molar-refractivity contribution in [1.29, 1.82) is 0 Å². The van der Waals surface area contributed by atoms with Crippen molar-refractivity contribution in [3.8, 4) is 0 Å². The molecule has 0 saturated heterocycles. The molecular formula is C16H24IN3O2S. The molecule has 23 heavy (non-hydrogen) atoms. The molecule has 0 aliphatic heterocycles. The Balaban J connectivity index is 0.00000264. The first-order valence-corrected chi connectivity index (χ1v) is 8.35. The minimum atomic E-state index is -0.687. The van der Waals surface area contributed by atoms with Crippen LogP contribution in [-0.4, -0.2) is 30.7 Å². The number of halogens is 1. The molecule has 0 amide bonds. The van der Waals surface area contributed by atoms with Crippen molar-refractivity contribution >= 4 is 41.3 Å². The minimum absolute atomic E-state index is 0. The van der Waals surface area contributed by atoms with Gasteiger partial charge in [0.05, 0.1) is 19.4 Å². The molecule has 2 aromatic heterocycles. The van der Waals surface area contributed by atoms with Crippen molar-refractivity contribution in [3.05, 3.63) is 46.5 Å². The largest absolute Gasteiger partial charge is 0.467 e. The second-order valence-electron chi connectivity index (χ2n) is 5.05. The van der Waals surface area contributed by atoms with E-state index in [-0.39, 0.29) is 24.0 Å². The van der Waals surface area contributed by atoms with E-state index in [0.717, 1.165) is 6.54 Å². The third kappa shape index (κ3) is 6.52. The summed E-state index contributed by atoms with van der Waals surface area (Å²) in [4.78, 5) is 5.91. The summed E-state index contributed by atoms with van der Waals surface area (Å²) in [7, 11) is 0. The molecule has 0 bridgehead atoms. The van der Waals surface area contributed by atoms with Gasteiger partial charge in [0.2, 0.25) is 0 Å². The monoisotopic (exact) mass is 449 g/mol. The van der Waals surface area contributed by atoms with Gasteiger partial charge < -0.3 is 20.2 Å². The Bertz CT molecular complexity index is 558. The first-order valence-electron chi connectivity index (χ1n) is 7.47. The number of guanidine groups is 1. The summed E-state index contributed by atoms with van der Waals surface area (Å²) in [6.45, 7) is 6.01. The molecule has 2 atom stereocenters. The number of aliphatic imine (C=N–C) groups is 1. The lowest BCUT2D eigenvalue weighted by Gasteiger charge is -2.15. The van der Waals surface area contributed by atoms with Crippen LogP contribution in [0, 0.1) is 0 Å². The molecule has 0 spiro atoms.